The van der Waals surface area contributed by atoms with E-state index in [9.17, 15) is 15.2 Å². The van der Waals surface area contributed by atoms with Gasteiger partial charge >= 0.3 is 0 Å². The molecule has 2 heterocycles. The van der Waals surface area contributed by atoms with Gasteiger partial charge in [-0.15, -0.1) is 16.8 Å². The topological polar surface area (TPSA) is 107 Å². The van der Waals surface area contributed by atoms with E-state index in [1.54, 1.807) is 34.9 Å². The van der Waals surface area contributed by atoms with Gasteiger partial charge < -0.3 is 5.11 Å². The predicted octanol–water partition coefficient (Wildman–Crippen LogP) is 4.05. The van der Waals surface area contributed by atoms with E-state index < -0.39 is 4.92 Å². The summed E-state index contributed by atoms with van der Waals surface area (Å²) >= 11 is 4.59. The van der Waals surface area contributed by atoms with Crippen LogP contribution >= 0.6 is 27.7 Å². The largest absolute Gasteiger partial charge is 0.507 e. The van der Waals surface area contributed by atoms with Gasteiger partial charge in [-0.05, 0) is 36.0 Å². The van der Waals surface area contributed by atoms with E-state index in [-0.39, 0.29) is 11.4 Å². The van der Waals surface area contributed by atoms with Gasteiger partial charge in [-0.25, -0.2) is 4.98 Å². The molecule has 0 spiro atoms. The van der Waals surface area contributed by atoms with E-state index in [1.807, 2.05) is 0 Å². The highest BCUT2D eigenvalue weighted by Crippen LogP contribution is 2.34. The highest BCUT2D eigenvalue weighted by Gasteiger charge is 2.18. The lowest BCUT2D eigenvalue weighted by Gasteiger charge is -2.09. The highest BCUT2D eigenvalue weighted by molar-refractivity contribution is 9.10. The van der Waals surface area contributed by atoms with Crippen molar-refractivity contribution in [1.29, 1.82) is 0 Å². The first-order valence-electron chi connectivity index (χ1n) is 7.31. The van der Waals surface area contributed by atoms with E-state index in [1.165, 1.54) is 24.0 Å². The lowest BCUT2D eigenvalue weighted by atomic mass is 10.2. The van der Waals surface area contributed by atoms with Crippen molar-refractivity contribution in [3.63, 3.8) is 0 Å². The zero-order valence-electron chi connectivity index (χ0n) is 13.2. The molecule has 0 saturated heterocycles. The first-order chi connectivity index (χ1) is 12.5. The Bertz CT molecular complexity index is 975. The molecule has 8 nitrogen and oxygen atoms in total. The van der Waals surface area contributed by atoms with Gasteiger partial charge in [0.1, 0.15) is 17.0 Å². The molecule has 1 aromatic carbocycles. The van der Waals surface area contributed by atoms with Crippen LogP contribution in [-0.2, 0) is 6.54 Å². The van der Waals surface area contributed by atoms with Crippen molar-refractivity contribution < 1.29 is 10.0 Å². The number of aromatic nitrogens is 4. The highest BCUT2D eigenvalue weighted by atomic mass is 79.9. The van der Waals surface area contributed by atoms with Crippen LogP contribution in [0, 0.1) is 10.1 Å². The molecule has 0 aliphatic heterocycles. The van der Waals surface area contributed by atoms with E-state index >= 15 is 0 Å². The fourth-order valence-corrected chi connectivity index (χ4v) is 3.32. The van der Waals surface area contributed by atoms with Crippen LogP contribution in [0.3, 0.4) is 0 Å². The molecule has 0 aliphatic carbocycles. The molecule has 132 valence electrons. The number of phenols is 1. The van der Waals surface area contributed by atoms with Crippen LogP contribution in [0.1, 0.15) is 0 Å². The van der Waals surface area contributed by atoms with Crippen LogP contribution in [0.15, 0.2) is 63.8 Å². The number of benzene rings is 1. The molecule has 3 rings (SSSR count). The number of hydrogen-bond donors (Lipinski definition) is 1. The molecule has 2 aromatic heterocycles. The summed E-state index contributed by atoms with van der Waals surface area (Å²) in [6.45, 7) is 4.16. The zero-order valence-corrected chi connectivity index (χ0v) is 15.6. The molecular weight excluding hydrogens is 422 g/mol. The summed E-state index contributed by atoms with van der Waals surface area (Å²) in [7, 11) is 0. The zero-order chi connectivity index (χ0) is 18.7. The molecule has 10 heteroatoms. The van der Waals surface area contributed by atoms with Crippen molar-refractivity contribution in [3.8, 4) is 17.1 Å². The Morgan fingerprint density at radius 2 is 2.15 bits per heavy atom. The Hall–Kier alpha value is -2.72. The number of phenolic OH excluding ortho intramolecular Hbond substituents is 1. The van der Waals surface area contributed by atoms with Crippen molar-refractivity contribution in [2.45, 2.75) is 16.7 Å². The van der Waals surface area contributed by atoms with Crippen LogP contribution in [0.5, 0.6) is 5.75 Å². The molecule has 0 bridgehead atoms. The smallest absolute Gasteiger partial charge is 0.287 e. The van der Waals surface area contributed by atoms with Gasteiger partial charge in [-0.1, -0.05) is 22.0 Å². The SMILES string of the molecule is C=CCn1c(Sc2ccc([N+](=O)[O-])cn2)nnc1-c1cc(Br)ccc1O. The van der Waals surface area contributed by atoms with E-state index in [0.717, 1.165) is 4.47 Å². The van der Waals surface area contributed by atoms with Crippen molar-refractivity contribution in [2.75, 3.05) is 0 Å². The Morgan fingerprint density at radius 1 is 1.35 bits per heavy atom. The van der Waals surface area contributed by atoms with Crippen LogP contribution < -0.4 is 0 Å². The second kappa shape index (κ2) is 7.67. The summed E-state index contributed by atoms with van der Waals surface area (Å²) in [5.74, 6) is 0.559. The van der Waals surface area contributed by atoms with Gasteiger partial charge in [0.2, 0.25) is 0 Å². The third-order valence-corrected chi connectivity index (χ3v) is 4.78. The monoisotopic (exact) mass is 433 g/mol. The first kappa shape index (κ1) is 18.1. The minimum absolute atomic E-state index is 0.0796. The third kappa shape index (κ3) is 3.75. The summed E-state index contributed by atoms with van der Waals surface area (Å²) in [5, 5.41) is 30.3. The molecule has 0 fully saturated rings. The molecule has 1 N–H and O–H groups in total. The first-order valence-corrected chi connectivity index (χ1v) is 8.92. The van der Waals surface area contributed by atoms with Crippen molar-refractivity contribution in [1.82, 2.24) is 19.7 Å². The normalized spacial score (nSPS) is 10.7. The molecule has 0 amide bonds. The molecule has 26 heavy (non-hydrogen) atoms. The number of halogens is 1. The molecule has 0 atom stereocenters. The number of nitrogens with zero attached hydrogens (tertiary/aromatic N) is 5. The van der Waals surface area contributed by atoms with Crippen molar-refractivity contribution in [2.24, 2.45) is 0 Å². The third-order valence-electron chi connectivity index (χ3n) is 3.36. The minimum Gasteiger partial charge on any atom is -0.507 e. The lowest BCUT2D eigenvalue weighted by molar-refractivity contribution is -0.385. The van der Waals surface area contributed by atoms with Gasteiger partial charge in [-0.3, -0.25) is 14.7 Å². The molecule has 0 saturated carbocycles. The second-order valence-electron chi connectivity index (χ2n) is 5.08. The number of aromatic hydroxyl groups is 1. The quantitative estimate of drug-likeness (QED) is 0.354. The molecule has 3 aromatic rings. The standard InChI is InChI=1S/C16H12BrN5O3S/c1-2-7-21-15(12-8-10(17)3-5-13(12)23)19-20-16(21)26-14-6-4-11(9-18-14)22(24)25/h2-6,8-9,23H,1,7H2. The Kier molecular flexibility index (Phi) is 5.33. The van der Waals surface area contributed by atoms with Crippen molar-refractivity contribution in [3.05, 3.63) is 63.8 Å². The van der Waals surface area contributed by atoms with Crippen LogP contribution in [0.2, 0.25) is 0 Å². The molecule has 0 unspecified atom stereocenters. The summed E-state index contributed by atoms with van der Waals surface area (Å²) in [5.41, 5.74) is 0.443. The van der Waals surface area contributed by atoms with E-state index in [0.29, 0.717) is 28.1 Å². The predicted molar refractivity (Wildman–Crippen MR) is 100 cm³/mol. The summed E-state index contributed by atoms with van der Waals surface area (Å²) < 4.78 is 2.58. The Balaban J connectivity index is 1.98. The average Bonchev–Trinajstić information content (AvgIpc) is 3.00. The van der Waals surface area contributed by atoms with Gasteiger partial charge in [0, 0.05) is 17.1 Å². The fraction of sp³-hybridized carbons (Fsp3) is 0.0625. The summed E-state index contributed by atoms with van der Waals surface area (Å²) in [6.07, 6.45) is 2.88. The second-order valence-corrected chi connectivity index (χ2v) is 6.98. The molecule has 0 aliphatic rings. The Labute approximate surface area is 160 Å². The Morgan fingerprint density at radius 3 is 2.81 bits per heavy atom. The average molecular weight is 434 g/mol. The number of pyridine rings is 1. The van der Waals surface area contributed by atoms with E-state index in [4.69, 9.17) is 0 Å². The maximum atomic E-state index is 10.7. The lowest BCUT2D eigenvalue weighted by Crippen LogP contribution is -2.01. The minimum atomic E-state index is -0.504. The summed E-state index contributed by atoms with van der Waals surface area (Å²) in [4.78, 5) is 14.3. The van der Waals surface area contributed by atoms with Crippen molar-refractivity contribution >= 4 is 33.4 Å². The maximum absolute atomic E-state index is 10.7. The number of hydrogen-bond acceptors (Lipinski definition) is 7. The number of allylic oxidation sites excluding steroid dienone is 1. The maximum Gasteiger partial charge on any atom is 0.287 e. The van der Waals surface area contributed by atoms with E-state index in [2.05, 4.69) is 37.7 Å². The number of rotatable bonds is 6. The number of nitro groups is 1. The van der Waals surface area contributed by atoms with Gasteiger partial charge in [0.05, 0.1) is 10.5 Å². The summed E-state index contributed by atoms with van der Waals surface area (Å²) in [6, 6.07) is 7.97. The van der Waals surface area contributed by atoms with Gasteiger partial charge in [-0.2, -0.15) is 0 Å². The fourth-order valence-electron chi connectivity index (χ4n) is 2.18. The van der Waals surface area contributed by atoms with Crippen LogP contribution in [0.25, 0.3) is 11.4 Å². The van der Waals surface area contributed by atoms with Crippen LogP contribution in [0.4, 0.5) is 5.69 Å². The van der Waals surface area contributed by atoms with Gasteiger partial charge in [0.25, 0.3) is 5.69 Å². The molecular formula is C16H12BrN5O3S. The van der Waals surface area contributed by atoms with Gasteiger partial charge in [0.15, 0.2) is 11.0 Å². The molecule has 0 radical (unpaired) electrons. The van der Waals surface area contributed by atoms with Crippen LogP contribution in [-0.4, -0.2) is 29.8 Å².